The number of benzene rings is 1. The summed E-state index contributed by atoms with van der Waals surface area (Å²) in [5.74, 6) is -3.17. The molecule has 2 fully saturated rings. The van der Waals surface area contributed by atoms with E-state index in [0.717, 1.165) is 23.3 Å². The molecule has 3 heterocycles. The summed E-state index contributed by atoms with van der Waals surface area (Å²) in [6, 6.07) is 7.97. The highest BCUT2D eigenvalue weighted by atomic mass is 19.3. The fraction of sp³-hybridized carbons (Fsp3) is 0.500. The van der Waals surface area contributed by atoms with Crippen molar-refractivity contribution in [1.29, 1.82) is 0 Å². The largest absolute Gasteiger partial charge is 0.337 e. The van der Waals surface area contributed by atoms with Crippen molar-refractivity contribution < 1.29 is 18.4 Å². The second kappa shape index (κ2) is 8.37. The van der Waals surface area contributed by atoms with Crippen LogP contribution >= 0.6 is 0 Å². The second-order valence-electron chi connectivity index (χ2n) is 7.81. The number of nitrogens with zero attached hydrogens (tertiary/aromatic N) is 5. The van der Waals surface area contributed by atoms with E-state index in [9.17, 15) is 18.4 Å². The number of halogens is 2. The van der Waals surface area contributed by atoms with Crippen LogP contribution in [0.15, 0.2) is 36.5 Å². The van der Waals surface area contributed by atoms with Crippen LogP contribution in [0.1, 0.15) is 35.3 Å². The van der Waals surface area contributed by atoms with Gasteiger partial charge in [-0.15, -0.1) is 5.10 Å². The van der Waals surface area contributed by atoms with Gasteiger partial charge in [0.1, 0.15) is 0 Å². The molecule has 1 N–H and O–H groups in total. The van der Waals surface area contributed by atoms with Gasteiger partial charge in [-0.2, -0.15) is 0 Å². The number of nitrogens with one attached hydrogen (secondary N) is 1. The predicted molar refractivity (Wildman–Crippen MR) is 104 cm³/mol. The van der Waals surface area contributed by atoms with E-state index in [1.54, 1.807) is 4.90 Å². The Balaban J connectivity index is 1.40. The lowest BCUT2D eigenvalue weighted by atomic mass is 10.2. The number of carbonyl (C=O) groups excluding carboxylic acids is 2. The molecule has 8 nitrogen and oxygen atoms in total. The Morgan fingerprint density at radius 3 is 2.63 bits per heavy atom. The van der Waals surface area contributed by atoms with Crippen molar-refractivity contribution in [2.75, 3.05) is 19.6 Å². The summed E-state index contributed by atoms with van der Waals surface area (Å²) in [7, 11) is 0. The van der Waals surface area contributed by atoms with E-state index in [4.69, 9.17) is 0 Å². The van der Waals surface area contributed by atoms with Gasteiger partial charge in [-0.1, -0.05) is 35.5 Å². The normalized spacial score (nSPS) is 20.5. The van der Waals surface area contributed by atoms with Crippen molar-refractivity contribution in [3.05, 3.63) is 47.8 Å². The number of likely N-dealkylation sites (tertiary alicyclic amines) is 2. The molecule has 0 saturated carbocycles. The Morgan fingerprint density at radius 2 is 1.90 bits per heavy atom. The molecule has 0 radical (unpaired) electrons. The molecule has 4 rings (SSSR count). The predicted octanol–water partition coefficient (Wildman–Crippen LogP) is 2.13. The van der Waals surface area contributed by atoms with Crippen LogP contribution in [-0.2, 0) is 13.1 Å². The molecular weight excluding hydrogens is 394 g/mol. The van der Waals surface area contributed by atoms with Gasteiger partial charge in [0.2, 0.25) is 0 Å². The minimum Gasteiger partial charge on any atom is -0.337 e. The lowest BCUT2D eigenvalue weighted by molar-refractivity contribution is 0.0145. The Hall–Kier alpha value is -3.04. The average Bonchev–Trinajstić information content (AvgIpc) is 3.47. The van der Waals surface area contributed by atoms with Crippen molar-refractivity contribution >= 4 is 11.9 Å². The standard InChI is InChI=1S/C20H24F2N6O2/c21-20(22)10-16(28(14-20)19(30)23-11-15-6-2-1-3-7-15)12-27-13-17(24-25-27)18(29)26-8-4-5-9-26/h1-3,6-7,13,16H,4-5,8-12,14H2,(H,23,30). The van der Waals surface area contributed by atoms with Crippen molar-refractivity contribution in [2.45, 2.75) is 44.3 Å². The Labute approximate surface area is 172 Å². The van der Waals surface area contributed by atoms with Gasteiger partial charge in [0.15, 0.2) is 5.69 Å². The minimum atomic E-state index is -2.97. The summed E-state index contributed by atoms with van der Waals surface area (Å²) in [6.07, 6.45) is 2.94. The molecule has 3 amide bonds. The first-order chi connectivity index (χ1) is 14.4. The number of amides is 3. The average molecular weight is 418 g/mol. The smallest absolute Gasteiger partial charge is 0.318 e. The van der Waals surface area contributed by atoms with E-state index >= 15 is 0 Å². The molecule has 10 heteroatoms. The lowest BCUT2D eigenvalue weighted by Crippen LogP contribution is -2.44. The molecule has 2 aliphatic rings. The Morgan fingerprint density at radius 1 is 1.17 bits per heavy atom. The quantitative estimate of drug-likeness (QED) is 0.807. The van der Waals surface area contributed by atoms with Crippen molar-refractivity contribution in [2.24, 2.45) is 0 Å². The van der Waals surface area contributed by atoms with E-state index in [1.165, 1.54) is 10.9 Å². The minimum absolute atomic E-state index is 0.0502. The van der Waals surface area contributed by atoms with Crippen LogP contribution in [0.2, 0.25) is 0 Å². The molecule has 1 atom stereocenters. The van der Waals surface area contributed by atoms with Crippen LogP contribution in [0.4, 0.5) is 13.6 Å². The topological polar surface area (TPSA) is 83.4 Å². The highest BCUT2D eigenvalue weighted by molar-refractivity contribution is 5.92. The first-order valence-electron chi connectivity index (χ1n) is 10.1. The number of urea groups is 1. The molecule has 1 aromatic heterocycles. The zero-order chi connectivity index (χ0) is 21.1. The fourth-order valence-corrected chi connectivity index (χ4v) is 3.96. The van der Waals surface area contributed by atoms with Gasteiger partial charge in [0.25, 0.3) is 11.8 Å². The molecule has 2 saturated heterocycles. The summed E-state index contributed by atoms with van der Waals surface area (Å²) in [5.41, 5.74) is 1.08. The lowest BCUT2D eigenvalue weighted by Gasteiger charge is -2.24. The van der Waals surface area contributed by atoms with E-state index in [1.807, 2.05) is 30.3 Å². The van der Waals surface area contributed by atoms with Crippen molar-refractivity contribution in [1.82, 2.24) is 30.1 Å². The van der Waals surface area contributed by atoms with Gasteiger partial charge < -0.3 is 15.1 Å². The van der Waals surface area contributed by atoms with E-state index in [2.05, 4.69) is 15.6 Å². The van der Waals surface area contributed by atoms with Gasteiger partial charge in [-0.25, -0.2) is 18.3 Å². The van der Waals surface area contributed by atoms with Crippen LogP contribution in [-0.4, -0.2) is 68.3 Å². The highest BCUT2D eigenvalue weighted by Crippen LogP contribution is 2.32. The molecule has 0 aliphatic carbocycles. The highest BCUT2D eigenvalue weighted by Gasteiger charge is 2.47. The van der Waals surface area contributed by atoms with Crippen molar-refractivity contribution in [3.63, 3.8) is 0 Å². The summed E-state index contributed by atoms with van der Waals surface area (Å²) < 4.78 is 29.5. The Bertz CT molecular complexity index is 898. The molecule has 1 aromatic carbocycles. The number of carbonyl (C=O) groups is 2. The van der Waals surface area contributed by atoms with Crippen LogP contribution < -0.4 is 5.32 Å². The maximum atomic E-state index is 14.1. The zero-order valence-electron chi connectivity index (χ0n) is 16.5. The molecule has 1 unspecified atom stereocenters. The van der Waals surface area contributed by atoms with Gasteiger partial charge >= 0.3 is 6.03 Å². The molecule has 2 aromatic rings. The first kappa shape index (κ1) is 20.2. The van der Waals surface area contributed by atoms with E-state index in [0.29, 0.717) is 13.1 Å². The monoisotopic (exact) mass is 418 g/mol. The number of aromatic nitrogens is 3. The van der Waals surface area contributed by atoms with Gasteiger partial charge in [0.05, 0.1) is 25.3 Å². The summed E-state index contributed by atoms with van der Waals surface area (Å²) in [5, 5.41) is 10.5. The molecule has 30 heavy (non-hydrogen) atoms. The third-order valence-electron chi connectivity index (χ3n) is 5.47. The Kier molecular flexibility index (Phi) is 5.65. The molecule has 160 valence electrons. The summed E-state index contributed by atoms with van der Waals surface area (Å²) in [6.45, 7) is 1.04. The fourth-order valence-electron chi connectivity index (χ4n) is 3.96. The molecular formula is C20H24F2N6O2. The summed E-state index contributed by atoms with van der Waals surface area (Å²) >= 11 is 0. The maximum Gasteiger partial charge on any atom is 0.318 e. The summed E-state index contributed by atoms with van der Waals surface area (Å²) in [4.78, 5) is 27.8. The van der Waals surface area contributed by atoms with Crippen LogP contribution in [0, 0.1) is 0 Å². The second-order valence-corrected chi connectivity index (χ2v) is 7.81. The number of hydrogen-bond acceptors (Lipinski definition) is 4. The van der Waals surface area contributed by atoms with Crippen LogP contribution in [0.25, 0.3) is 0 Å². The third-order valence-corrected chi connectivity index (χ3v) is 5.47. The van der Waals surface area contributed by atoms with E-state index < -0.39 is 31.0 Å². The number of hydrogen-bond donors (Lipinski definition) is 1. The van der Waals surface area contributed by atoms with E-state index in [-0.39, 0.29) is 24.7 Å². The van der Waals surface area contributed by atoms with Crippen LogP contribution in [0.3, 0.4) is 0 Å². The van der Waals surface area contributed by atoms with Crippen LogP contribution in [0.5, 0.6) is 0 Å². The molecule has 2 aliphatic heterocycles. The van der Waals surface area contributed by atoms with Gasteiger partial charge in [-0.3, -0.25) is 4.79 Å². The zero-order valence-corrected chi connectivity index (χ0v) is 16.5. The van der Waals surface area contributed by atoms with Gasteiger partial charge in [0, 0.05) is 26.1 Å². The van der Waals surface area contributed by atoms with Crippen molar-refractivity contribution in [3.8, 4) is 0 Å². The van der Waals surface area contributed by atoms with Gasteiger partial charge in [-0.05, 0) is 18.4 Å². The number of rotatable bonds is 5. The molecule has 0 spiro atoms. The maximum absolute atomic E-state index is 14.1. The SMILES string of the molecule is O=C(c1cn(CC2CC(F)(F)CN2C(=O)NCc2ccccc2)nn1)N1CCCC1. The first-order valence-corrected chi connectivity index (χ1v) is 10.1. The third kappa shape index (κ3) is 4.58. The number of alkyl halides is 2. The molecule has 0 bridgehead atoms.